The van der Waals surface area contributed by atoms with E-state index in [0.29, 0.717) is 40.9 Å². The molecule has 0 bridgehead atoms. The number of hydrogen-bond acceptors (Lipinski definition) is 4. The second-order valence-corrected chi connectivity index (χ2v) is 7.67. The van der Waals surface area contributed by atoms with E-state index in [-0.39, 0.29) is 18.8 Å². The number of aliphatic carboxylic acids is 1. The molecule has 0 spiro atoms. The first-order chi connectivity index (χ1) is 15.1. The molecule has 3 aromatic rings. The fraction of sp³-hybridized carbons (Fsp3) is 0.375. The fourth-order valence-electron chi connectivity index (χ4n) is 3.59. The molecule has 2 aromatic carbocycles. The number of furan rings is 1. The van der Waals surface area contributed by atoms with E-state index in [9.17, 15) is 18.0 Å². The number of ether oxygens (including phenoxy) is 2. The number of carboxylic acids is 1. The summed E-state index contributed by atoms with van der Waals surface area (Å²) in [6, 6.07) is 7.86. The van der Waals surface area contributed by atoms with E-state index in [0.717, 1.165) is 23.1 Å². The lowest BCUT2D eigenvalue weighted by atomic mass is 9.99. The van der Waals surface area contributed by atoms with Crippen LogP contribution in [0.15, 0.2) is 34.7 Å². The van der Waals surface area contributed by atoms with Gasteiger partial charge in [-0.1, -0.05) is 13.0 Å². The summed E-state index contributed by atoms with van der Waals surface area (Å²) in [6.07, 6.45) is -2.86. The Labute approximate surface area is 183 Å². The topological polar surface area (TPSA) is 68.9 Å². The number of carboxylic acid groups (broad SMARTS) is 1. The zero-order chi connectivity index (χ0) is 23.5. The first kappa shape index (κ1) is 23.5. The van der Waals surface area contributed by atoms with Gasteiger partial charge in [-0.2, -0.15) is 0 Å². The van der Waals surface area contributed by atoms with E-state index in [1.165, 1.54) is 12.1 Å². The third-order valence-corrected chi connectivity index (χ3v) is 5.29. The summed E-state index contributed by atoms with van der Waals surface area (Å²) in [6.45, 7) is 5.72. The Morgan fingerprint density at radius 3 is 2.47 bits per heavy atom. The Bertz CT molecular complexity index is 1120. The molecule has 0 fully saturated rings. The summed E-state index contributed by atoms with van der Waals surface area (Å²) in [5, 5.41) is 9.42. The third-order valence-electron chi connectivity index (χ3n) is 5.29. The predicted molar refractivity (Wildman–Crippen MR) is 113 cm³/mol. The maximum atomic E-state index is 12.8. The largest absolute Gasteiger partial charge is 0.573 e. The van der Waals surface area contributed by atoms with E-state index in [1.807, 2.05) is 26.8 Å². The van der Waals surface area contributed by atoms with Crippen LogP contribution in [0.25, 0.3) is 11.0 Å². The van der Waals surface area contributed by atoms with Crippen LogP contribution in [0.3, 0.4) is 0 Å². The van der Waals surface area contributed by atoms with Gasteiger partial charge in [0.05, 0.1) is 0 Å². The molecule has 1 aromatic heterocycles. The molecular formula is C24H25F3O5. The number of benzene rings is 2. The molecule has 5 nitrogen and oxygen atoms in total. The molecule has 0 aliphatic carbocycles. The molecule has 0 aliphatic rings. The van der Waals surface area contributed by atoms with Crippen LogP contribution in [-0.2, 0) is 24.2 Å². The highest BCUT2D eigenvalue weighted by Crippen LogP contribution is 2.33. The van der Waals surface area contributed by atoms with Crippen molar-refractivity contribution in [1.29, 1.82) is 0 Å². The van der Waals surface area contributed by atoms with Gasteiger partial charge in [0.25, 0.3) is 0 Å². The number of alkyl halides is 3. The van der Waals surface area contributed by atoms with Gasteiger partial charge >= 0.3 is 12.3 Å². The molecule has 0 radical (unpaired) electrons. The van der Waals surface area contributed by atoms with Gasteiger partial charge in [-0.25, -0.2) is 0 Å². The minimum atomic E-state index is -4.80. The Hall–Kier alpha value is -3.16. The Morgan fingerprint density at radius 2 is 1.81 bits per heavy atom. The summed E-state index contributed by atoms with van der Waals surface area (Å²) < 4.78 is 54.3. The van der Waals surface area contributed by atoms with Crippen molar-refractivity contribution in [3.8, 4) is 11.5 Å². The molecule has 1 N–H and O–H groups in total. The van der Waals surface area contributed by atoms with Gasteiger partial charge in [-0.3, -0.25) is 4.79 Å². The first-order valence-corrected chi connectivity index (χ1v) is 10.3. The standard InChI is InChI=1S/C24H25F3O5/c1-4-5-19-10-17-11-20(32-24(25,26)27)12-18(23(17)31-19)13-30-21-8-6-16(7-9-22(28)29)14(2)15(21)3/h6,8,10-12H,4-5,7,9,13H2,1-3H3,(H,28,29). The van der Waals surface area contributed by atoms with Gasteiger partial charge in [-0.05, 0) is 67.6 Å². The molecule has 3 rings (SSSR count). The van der Waals surface area contributed by atoms with E-state index < -0.39 is 12.3 Å². The fourth-order valence-corrected chi connectivity index (χ4v) is 3.59. The minimum absolute atomic E-state index is 0.0145. The number of rotatable bonds is 9. The SMILES string of the molecule is CCCc1cc2cc(OC(F)(F)F)cc(COc3ccc(CCC(=O)O)c(C)c3C)c2o1. The maximum absolute atomic E-state index is 12.8. The number of fused-ring (bicyclic) bond motifs is 1. The minimum Gasteiger partial charge on any atom is -0.488 e. The van der Waals surface area contributed by atoms with Crippen molar-refractivity contribution in [2.24, 2.45) is 0 Å². The summed E-state index contributed by atoms with van der Waals surface area (Å²) in [5.74, 6) is 0.0533. The Kier molecular flexibility index (Phi) is 7.01. The summed E-state index contributed by atoms with van der Waals surface area (Å²) >= 11 is 0. The van der Waals surface area contributed by atoms with Crippen molar-refractivity contribution in [3.63, 3.8) is 0 Å². The second-order valence-electron chi connectivity index (χ2n) is 7.67. The van der Waals surface area contributed by atoms with Crippen LogP contribution in [0.5, 0.6) is 11.5 Å². The molecule has 0 aliphatic heterocycles. The molecule has 0 unspecified atom stereocenters. The summed E-state index contributed by atoms with van der Waals surface area (Å²) in [7, 11) is 0. The molecule has 32 heavy (non-hydrogen) atoms. The van der Waals surface area contributed by atoms with E-state index >= 15 is 0 Å². The van der Waals surface area contributed by atoms with Crippen LogP contribution in [0.1, 0.15) is 47.8 Å². The number of aryl methyl sites for hydroxylation is 2. The predicted octanol–water partition coefficient (Wildman–Crippen LogP) is 6.50. The molecular weight excluding hydrogens is 425 g/mol. The third kappa shape index (κ3) is 5.75. The number of carbonyl (C=O) groups is 1. The van der Waals surface area contributed by atoms with Crippen LogP contribution in [0.4, 0.5) is 13.2 Å². The normalized spacial score (nSPS) is 11.7. The van der Waals surface area contributed by atoms with Crippen molar-refractivity contribution < 1.29 is 37.0 Å². The molecule has 172 valence electrons. The van der Waals surface area contributed by atoms with Crippen molar-refractivity contribution in [2.45, 2.75) is 59.4 Å². The number of halogens is 3. The van der Waals surface area contributed by atoms with Crippen LogP contribution >= 0.6 is 0 Å². The number of hydrogen-bond donors (Lipinski definition) is 1. The molecule has 8 heteroatoms. The van der Waals surface area contributed by atoms with E-state index in [2.05, 4.69) is 4.74 Å². The quantitative estimate of drug-likeness (QED) is 0.403. The first-order valence-electron chi connectivity index (χ1n) is 10.3. The molecule has 0 saturated heterocycles. The highest BCUT2D eigenvalue weighted by Gasteiger charge is 2.31. The lowest BCUT2D eigenvalue weighted by Crippen LogP contribution is -2.17. The second kappa shape index (κ2) is 9.54. The van der Waals surface area contributed by atoms with Crippen molar-refractivity contribution in [1.82, 2.24) is 0 Å². The van der Waals surface area contributed by atoms with Gasteiger partial charge in [0.1, 0.15) is 29.4 Å². The maximum Gasteiger partial charge on any atom is 0.573 e. The van der Waals surface area contributed by atoms with E-state index in [1.54, 1.807) is 12.1 Å². The van der Waals surface area contributed by atoms with Crippen LogP contribution in [-0.4, -0.2) is 17.4 Å². The van der Waals surface area contributed by atoms with Gasteiger partial charge < -0.3 is 19.0 Å². The Morgan fingerprint density at radius 1 is 1.06 bits per heavy atom. The van der Waals surface area contributed by atoms with Crippen LogP contribution in [0, 0.1) is 13.8 Å². The average Bonchev–Trinajstić information content (AvgIpc) is 3.09. The monoisotopic (exact) mass is 450 g/mol. The Balaban J connectivity index is 1.89. The molecule has 0 amide bonds. The molecule has 0 saturated carbocycles. The molecule has 0 atom stereocenters. The van der Waals surface area contributed by atoms with Crippen molar-refractivity contribution >= 4 is 16.9 Å². The lowest BCUT2D eigenvalue weighted by molar-refractivity contribution is -0.274. The smallest absolute Gasteiger partial charge is 0.488 e. The zero-order valence-electron chi connectivity index (χ0n) is 18.1. The van der Waals surface area contributed by atoms with Crippen molar-refractivity contribution in [3.05, 3.63) is 58.3 Å². The van der Waals surface area contributed by atoms with Crippen molar-refractivity contribution in [2.75, 3.05) is 0 Å². The highest BCUT2D eigenvalue weighted by molar-refractivity contribution is 5.83. The summed E-state index contributed by atoms with van der Waals surface area (Å²) in [4.78, 5) is 10.8. The van der Waals surface area contributed by atoms with Gasteiger partial charge in [0.15, 0.2) is 0 Å². The molecule has 1 heterocycles. The zero-order valence-corrected chi connectivity index (χ0v) is 18.1. The van der Waals surface area contributed by atoms with Gasteiger partial charge in [0, 0.05) is 23.8 Å². The van der Waals surface area contributed by atoms with Gasteiger partial charge in [-0.15, -0.1) is 13.2 Å². The van der Waals surface area contributed by atoms with Crippen LogP contribution in [0.2, 0.25) is 0 Å². The van der Waals surface area contributed by atoms with E-state index in [4.69, 9.17) is 14.3 Å². The average molecular weight is 450 g/mol. The van der Waals surface area contributed by atoms with Gasteiger partial charge in [0.2, 0.25) is 0 Å². The summed E-state index contributed by atoms with van der Waals surface area (Å²) in [5.41, 5.74) is 3.59. The van der Waals surface area contributed by atoms with Crippen LogP contribution < -0.4 is 9.47 Å². The lowest BCUT2D eigenvalue weighted by Gasteiger charge is -2.15. The highest BCUT2D eigenvalue weighted by atomic mass is 19.4.